The molecule has 0 amide bonds. The van der Waals surface area contributed by atoms with Crippen LogP contribution in [0.5, 0.6) is 5.75 Å². The van der Waals surface area contributed by atoms with Gasteiger partial charge in [0, 0.05) is 23.5 Å². The lowest BCUT2D eigenvalue weighted by atomic mass is 10.2. The fraction of sp³-hybridized carbons (Fsp3) is 0.182. The predicted molar refractivity (Wildman–Crippen MR) is 54.3 cm³/mol. The van der Waals surface area contributed by atoms with Gasteiger partial charge in [0.25, 0.3) is 0 Å². The topological polar surface area (TPSA) is 42.1 Å². The Morgan fingerprint density at radius 2 is 2.21 bits per heavy atom. The Balaban J connectivity index is 2.58. The molecule has 0 unspecified atom stereocenters. The van der Waals surface area contributed by atoms with E-state index in [9.17, 15) is 4.79 Å². The van der Waals surface area contributed by atoms with Gasteiger partial charge in [-0.25, -0.2) is 0 Å². The van der Waals surface area contributed by atoms with E-state index in [0.717, 1.165) is 16.6 Å². The second kappa shape index (κ2) is 3.18. The van der Waals surface area contributed by atoms with Gasteiger partial charge in [0.1, 0.15) is 5.75 Å². The van der Waals surface area contributed by atoms with Crippen molar-refractivity contribution in [1.82, 2.24) is 4.98 Å². The summed E-state index contributed by atoms with van der Waals surface area (Å²) < 4.78 is 5.08. The largest absolute Gasteiger partial charge is 0.426 e. The molecule has 2 rings (SSSR count). The van der Waals surface area contributed by atoms with Crippen molar-refractivity contribution in [2.45, 2.75) is 13.8 Å². The molecular weight excluding hydrogens is 178 g/mol. The smallest absolute Gasteiger partial charge is 0.308 e. The Labute approximate surface area is 81.7 Å². The van der Waals surface area contributed by atoms with Crippen LogP contribution in [0, 0.1) is 6.92 Å². The fourth-order valence-electron chi connectivity index (χ4n) is 1.51. The van der Waals surface area contributed by atoms with Crippen LogP contribution in [0.2, 0.25) is 0 Å². The summed E-state index contributed by atoms with van der Waals surface area (Å²) in [5, 5.41) is 0.945. The number of aromatic nitrogens is 1. The number of esters is 1. The first kappa shape index (κ1) is 8.81. The summed E-state index contributed by atoms with van der Waals surface area (Å²) >= 11 is 0. The Morgan fingerprint density at radius 1 is 1.43 bits per heavy atom. The first-order valence-corrected chi connectivity index (χ1v) is 4.43. The second-order valence-electron chi connectivity index (χ2n) is 3.26. The summed E-state index contributed by atoms with van der Waals surface area (Å²) in [6.45, 7) is 3.37. The first-order chi connectivity index (χ1) is 6.66. The van der Waals surface area contributed by atoms with Crippen LogP contribution in [-0.4, -0.2) is 11.0 Å². The maximum Gasteiger partial charge on any atom is 0.308 e. The lowest BCUT2D eigenvalue weighted by Crippen LogP contribution is -2.01. The number of aromatic amines is 1. The van der Waals surface area contributed by atoms with Crippen LogP contribution in [0.25, 0.3) is 10.9 Å². The van der Waals surface area contributed by atoms with E-state index < -0.39 is 0 Å². The Morgan fingerprint density at radius 3 is 2.93 bits per heavy atom. The van der Waals surface area contributed by atoms with Crippen molar-refractivity contribution in [1.29, 1.82) is 0 Å². The number of hydrogen-bond acceptors (Lipinski definition) is 2. The third kappa shape index (κ3) is 1.48. The number of carbonyl (C=O) groups excluding carboxylic acids is 1. The van der Waals surface area contributed by atoms with Crippen molar-refractivity contribution >= 4 is 16.9 Å². The van der Waals surface area contributed by atoms with Crippen LogP contribution in [0.3, 0.4) is 0 Å². The first-order valence-electron chi connectivity index (χ1n) is 4.43. The van der Waals surface area contributed by atoms with Gasteiger partial charge in [-0.2, -0.15) is 0 Å². The number of benzene rings is 1. The van der Waals surface area contributed by atoms with Crippen molar-refractivity contribution in [2.24, 2.45) is 0 Å². The standard InChI is InChI=1S/C11H11NO2/c1-7-6-9-10(12-7)4-3-5-11(9)14-8(2)13/h3-6,12H,1-2H3. The molecule has 1 heterocycles. The van der Waals surface area contributed by atoms with Gasteiger partial charge in [-0.05, 0) is 25.1 Å². The fourth-order valence-corrected chi connectivity index (χ4v) is 1.51. The molecule has 0 spiro atoms. The Hall–Kier alpha value is -1.77. The second-order valence-corrected chi connectivity index (χ2v) is 3.26. The number of carbonyl (C=O) groups is 1. The van der Waals surface area contributed by atoms with E-state index in [-0.39, 0.29) is 5.97 Å². The van der Waals surface area contributed by atoms with Crippen LogP contribution in [0.15, 0.2) is 24.3 Å². The summed E-state index contributed by atoms with van der Waals surface area (Å²) in [7, 11) is 0. The molecule has 1 aromatic heterocycles. The van der Waals surface area contributed by atoms with Gasteiger partial charge in [0.2, 0.25) is 0 Å². The van der Waals surface area contributed by atoms with Crippen LogP contribution in [-0.2, 0) is 4.79 Å². The number of nitrogens with one attached hydrogen (secondary N) is 1. The van der Waals surface area contributed by atoms with Crippen LogP contribution >= 0.6 is 0 Å². The quantitative estimate of drug-likeness (QED) is 0.553. The number of H-pyrrole nitrogens is 1. The molecule has 0 saturated carbocycles. The minimum absolute atomic E-state index is 0.295. The van der Waals surface area contributed by atoms with Crippen LogP contribution in [0.4, 0.5) is 0 Å². The number of fused-ring (bicyclic) bond motifs is 1. The molecule has 2 aromatic rings. The zero-order valence-electron chi connectivity index (χ0n) is 8.13. The number of hydrogen-bond donors (Lipinski definition) is 1. The van der Waals surface area contributed by atoms with E-state index in [1.165, 1.54) is 6.92 Å². The highest BCUT2D eigenvalue weighted by Gasteiger charge is 2.05. The summed E-state index contributed by atoms with van der Waals surface area (Å²) in [6.07, 6.45) is 0. The molecule has 0 saturated heterocycles. The van der Waals surface area contributed by atoms with Gasteiger partial charge >= 0.3 is 5.97 Å². The minimum Gasteiger partial charge on any atom is -0.426 e. The maximum absolute atomic E-state index is 10.8. The summed E-state index contributed by atoms with van der Waals surface area (Å²) in [4.78, 5) is 14.0. The molecule has 1 N–H and O–H groups in total. The highest BCUT2D eigenvalue weighted by Crippen LogP contribution is 2.25. The van der Waals surface area contributed by atoms with Gasteiger partial charge in [-0.15, -0.1) is 0 Å². The predicted octanol–water partition coefficient (Wildman–Crippen LogP) is 2.40. The number of ether oxygens (including phenoxy) is 1. The maximum atomic E-state index is 10.8. The number of aryl methyl sites for hydroxylation is 1. The van der Waals surface area contributed by atoms with Crippen molar-refractivity contribution < 1.29 is 9.53 Å². The van der Waals surface area contributed by atoms with E-state index in [4.69, 9.17) is 4.74 Å². The molecule has 14 heavy (non-hydrogen) atoms. The highest BCUT2D eigenvalue weighted by molar-refractivity contribution is 5.88. The van der Waals surface area contributed by atoms with Crippen molar-refractivity contribution in [3.8, 4) is 5.75 Å². The summed E-state index contributed by atoms with van der Waals surface area (Å²) in [6, 6.07) is 7.57. The summed E-state index contributed by atoms with van der Waals surface area (Å²) in [5.41, 5.74) is 2.04. The third-order valence-corrected chi connectivity index (χ3v) is 2.01. The minimum atomic E-state index is -0.295. The normalized spacial score (nSPS) is 10.4. The average Bonchev–Trinajstić information content (AvgIpc) is 2.45. The molecule has 0 fully saturated rings. The highest BCUT2D eigenvalue weighted by atomic mass is 16.5. The van der Waals surface area contributed by atoms with E-state index in [2.05, 4.69) is 4.98 Å². The molecule has 3 nitrogen and oxygen atoms in total. The van der Waals surface area contributed by atoms with E-state index >= 15 is 0 Å². The lowest BCUT2D eigenvalue weighted by Gasteiger charge is -2.01. The Kier molecular flexibility index (Phi) is 2.00. The molecule has 0 aliphatic rings. The zero-order chi connectivity index (χ0) is 10.1. The van der Waals surface area contributed by atoms with E-state index in [0.29, 0.717) is 5.75 Å². The lowest BCUT2D eigenvalue weighted by molar-refractivity contribution is -0.131. The molecule has 1 aromatic carbocycles. The molecule has 0 aliphatic carbocycles. The Bertz CT molecular complexity index is 485. The third-order valence-electron chi connectivity index (χ3n) is 2.01. The number of rotatable bonds is 1. The SMILES string of the molecule is CC(=O)Oc1cccc2[nH]c(C)cc12. The van der Waals surface area contributed by atoms with Crippen molar-refractivity contribution in [3.05, 3.63) is 30.0 Å². The van der Waals surface area contributed by atoms with Gasteiger partial charge in [-0.3, -0.25) is 4.79 Å². The molecule has 0 aliphatic heterocycles. The molecule has 0 bridgehead atoms. The zero-order valence-corrected chi connectivity index (χ0v) is 8.13. The van der Waals surface area contributed by atoms with Gasteiger partial charge in [0.15, 0.2) is 0 Å². The molecule has 0 atom stereocenters. The van der Waals surface area contributed by atoms with Gasteiger partial charge < -0.3 is 9.72 Å². The van der Waals surface area contributed by atoms with Crippen molar-refractivity contribution in [3.63, 3.8) is 0 Å². The average molecular weight is 189 g/mol. The summed E-state index contributed by atoms with van der Waals surface area (Å²) in [5.74, 6) is 0.315. The monoisotopic (exact) mass is 189 g/mol. The van der Waals surface area contributed by atoms with Crippen molar-refractivity contribution in [2.75, 3.05) is 0 Å². The van der Waals surface area contributed by atoms with E-state index in [1.807, 2.05) is 25.1 Å². The molecule has 3 heteroatoms. The van der Waals surface area contributed by atoms with Crippen LogP contribution < -0.4 is 4.74 Å². The van der Waals surface area contributed by atoms with Gasteiger partial charge in [-0.1, -0.05) is 6.07 Å². The van der Waals surface area contributed by atoms with Crippen LogP contribution in [0.1, 0.15) is 12.6 Å². The molecular formula is C11H11NO2. The van der Waals surface area contributed by atoms with Gasteiger partial charge in [0.05, 0.1) is 0 Å². The molecule has 0 radical (unpaired) electrons. The van der Waals surface area contributed by atoms with E-state index in [1.54, 1.807) is 6.07 Å². The molecule has 72 valence electrons.